The molecule has 5 rings (SSSR count). The van der Waals surface area contributed by atoms with E-state index in [4.69, 9.17) is 19.2 Å². The van der Waals surface area contributed by atoms with Crippen LogP contribution in [0.25, 0.3) is 6.08 Å². The third-order valence-corrected chi connectivity index (χ3v) is 6.03. The van der Waals surface area contributed by atoms with Gasteiger partial charge in [0.15, 0.2) is 16.7 Å². The van der Waals surface area contributed by atoms with Gasteiger partial charge in [0.05, 0.1) is 23.7 Å². The summed E-state index contributed by atoms with van der Waals surface area (Å²) in [4.78, 5) is 24.6. The molecule has 3 heterocycles. The Balaban J connectivity index is 1.53. The lowest BCUT2D eigenvalue weighted by atomic mass is 10.1. The molecule has 166 valence electrons. The highest BCUT2D eigenvalue weighted by Crippen LogP contribution is 2.41. The number of carbonyl (C=O) groups excluding carboxylic acids is 1. The minimum absolute atomic E-state index is 0.126. The van der Waals surface area contributed by atoms with Crippen LogP contribution in [0.1, 0.15) is 18.1 Å². The number of amidine groups is 1. The molecule has 1 fully saturated rings. The SMILES string of the molecule is CCOc1cc2c(cc1/C=C1\SC(=Nc3ccccc3)N(Cc3cccnc3)C1=O)OCO2. The Morgan fingerprint density at radius 1 is 1.15 bits per heavy atom. The number of carbonyl (C=O) groups is 1. The van der Waals surface area contributed by atoms with Gasteiger partial charge in [0.1, 0.15) is 5.75 Å². The molecule has 1 amide bonds. The Morgan fingerprint density at radius 3 is 2.73 bits per heavy atom. The van der Waals surface area contributed by atoms with E-state index in [0.29, 0.717) is 40.5 Å². The van der Waals surface area contributed by atoms with Crippen molar-refractivity contribution < 1.29 is 19.0 Å². The van der Waals surface area contributed by atoms with Crippen LogP contribution in [0, 0.1) is 0 Å². The second kappa shape index (κ2) is 9.38. The quantitative estimate of drug-likeness (QED) is 0.483. The fourth-order valence-corrected chi connectivity index (χ4v) is 4.48. The van der Waals surface area contributed by atoms with Crippen LogP contribution in [-0.2, 0) is 11.3 Å². The molecule has 2 aromatic carbocycles. The van der Waals surface area contributed by atoms with Gasteiger partial charge in [0.2, 0.25) is 6.79 Å². The predicted octanol–water partition coefficient (Wildman–Crippen LogP) is 5.01. The van der Waals surface area contributed by atoms with E-state index in [1.165, 1.54) is 11.8 Å². The van der Waals surface area contributed by atoms with E-state index in [1.54, 1.807) is 23.4 Å². The van der Waals surface area contributed by atoms with Crippen LogP contribution in [0.5, 0.6) is 17.2 Å². The molecular formula is C25H21N3O4S. The minimum Gasteiger partial charge on any atom is -0.493 e. The van der Waals surface area contributed by atoms with Crippen LogP contribution in [0.4, 0.5) is 5.69 Å². The molecule has 0 aliphatic carbocycles. The van der Waals surface area contributed by atoms with Crippen LogP contribution in [0.2, 0.25) is 0 Å². The second-order valence-corrected chi connectivity index (χ2v) is 8.28. The molecule has 1 aromatic heterocycles. The van der Waals surface area contributed by atoms with Gasteiger partial charge < -0.3 is 14.2 Å². The van der Waals surface area contributed by atoms with Gasteiger partial charge in [-0.05, 0) is 54.6 Å². The Kier molecular flexibility index (Phi) is 5.99. The number of hydrogen-bond donors (Lipinski definition) is 0. The lowest BCUT2D eigenvalue weighted by Crippen LogP contribution is -2.28. The first-order valence-electron chi connectivity index (χ1n) is 10.5. The molecule has 0 atom stereocenters. The smallest absolute Gasteiger partial charge is 0.267 e. The molecule has 0 spiro atoms. The Bertz CT molecular complexity index is 1230. The molecule has 2 aliphatic rings. The summed E-state index contributed by atoms with van der Waals surface area (Å²) < 4.78 is 16.8. The number of benzene rings is 2. The van der Waals surface area contributed by atoms with Crippen molar-refractivity contribution in [1.82, 2.24) is 9.88 Å². The highest BCUT2D eigenvalue weighted by atomic mass is 32.2. The first kappa shape index (κ1) is 21.1. The van der Waals surface area contributed by atoms with E-state index in [0.717, 1.165) is 16.8 Å². The first-order valence-corrected chi connectivity index (χ1v) is 11.3. The van der Waals surface area contributed by atoms with Gasteiger partial charge in [0, 0.05) is 24.0 Å². The van der Waals surface area contributed by atoms with Gasteiger partial charge in [-0.1, -0.05) is 24.3 Å². The first-order chi connectivity index (χ1) is 16.2. The van der Waals surface area contributed by atoms with Crippen LogP contribution >= 0.6 is 11.8 Å². The highest BCUT2D eigenvalue weighted by Gasteiger charge is 2.34. The molecule has 8 heteroatoms. The summed E-state index contributed by atoms with van der Waals surface area (Å²) in [6.45, 7) is 2.95. The van der Waals surface area contributed by atoms with E-state index in [9.17, 15) is 4.79 Å². The third-order valence-electron chi connectivity index (χ3n) is 5.02. The Hall–Kier alpha value is -3.78. The maximum absolute atomic E-state index is 13.5. The summed E-state index contributed by atoms with van der Waals surface area (Å²) in [5.74, 6) is 1.77. The van der Waals surface area contributed by atoms with E-state index in [1.807, 2.05) is 61.5 Å². The molecule has 33 heavy (non-hydrogen) atoms. The van der Waals surface area contributed by atoms with Crippen molar-refractivity contribution in [2.24, 2.45) is 4.99 Å². The monoisotopic (exact) mass is 459 g/mol. The summed E-state index contributed by atoms with van der Waals surface area (Å²) in [5.41, 5.74) is 2.45. The van der Waals surface area contributed by atoms with Crippen LogP contribution in [0.3, 0.4) is 0 Å². The maximum atomic E-state index is 13.5. The van der Waals surface area contributed by atoms with Gasteiger partial charge in [0.25, 0.3) is 5.91 Å². The Morgan fingerprint density at radius 2 is 1.97 bits per heavy atom. The van der Waals surface area contributed by atoms with Gasteiger partial charge in [-0.3, -0.25) is 14.7 Å². The number of amides is 1. The number of aromatic nitrogens is 1. The van der Waals surface area contributed by atoms with Crippen molar-refractivity contribution in [1.29, 1.82) is 0 Å². The fraction of sp³-hybridized carbons (Fsp3) is 0.160. The normalized spacial score (nSPS) is 17.2. The highest BCUT2D eigenvalue weighted by molar-refractivity contribution is 8.18. The number of para-hydroxylation sites is 1. The zero-order valence-corrected chi connectivity index (χ0v) is 18.7. The molecule has 0 bridgehead atoms. The molecule has 2 aliphatic heterocycles. The molecular weight excluding hydrogens is 438 g/mol. The average Bonchev–Trinajstić information content (AvgIpc) is 3.40. The van der Waals surface area contributed by atoms with Gasteiger partial charge in [-0.25, -0.2) is 4.99 Å². The maximum Gasteiger partial charge on any atom is 0.267 e. The summed E-state index contributed by atoms with van der Waals surface area (Å²) >= 11 is 1.34. The molecule has 3 aromatic rings. The van der Waals surface area contributed by atoms with E-state index in [2.05, 4.69) is 4.98 Å². The zero-order chi connectivity index (χ0) is 22.6. The number of thioether (sulfide) groups is 1. The van der Waals surface area contributed by atoms with Crippen molar-refractivity contribution >= 4 is 34.6 Å². The summed E-state index contributed by atoms with van der Waals surface area (Å²) in [7, 11) is 0. The third kappa shape index (κ3) is 4.56. The van der Waals surface area contributed by atoms with Crippen molar-refractivity contribution in [3.8, 4) is 17.2 Å². The number of ether oxygens (including phenoxy) is 3. The molecule has 0 unspecified atom stereocenters. The number of rotatable bonds is 6. The number of aliphatic imine (C=N–C) groups is 1. The number of hydrogen-bond acceptors (Lipinski definition) is 7. The fourth-order valence-electron chi connectivity index (χ4n) is 3.49. The van der Waals surface area contributed by atoms with Crippen molar-refractivity contribution in [3.63, 3.8) is 0 Å². The Labute approximate surface area is 195 Å². The lowest BCUT2D eigenvalue weighted by Gasteiger charge is -2.15. The van der Waals surface area contributed by atoms with Crippen LogP contribution < -0.4 is 14.2 Å². The van der Waals surface area contributed by atoms with Crippen molar-refractivity contribution in [2.45, 2.75) is 13.5 Å². The lowest BCUT2D eigenvalue weighted by molar-refractivity contribution is -0.122. The standard InChI is InChI=1S/C25H21N3O4S/c1-2-30-20-13-22-21(31-16-32-22)11-18(20)12-23-24(29)28(15-17-7-6-10-26-14-17)25(33-23)27-19-8-4-3-5-9-19/h3-14H,2,15-16H2,1H3/b23-12-,27-25?. The van der Waals surface area contributed by atoms with Crippen molar-refractivity contribution in [2.75, 3.05) is 13.4 Å². The van der Waals surface area contributed by atoms with Crippen molar-refractivity contribution in [3.05, 3.63) is 83.0 Å². The molecule has 0 saturated carbocycles. The van der Waals surface area contributed by atoms with Gasteiger partial charge in [-0.15, -0.1) is 0 Å². The molecule has 0 N–H and O–H groups in total. The summed E-state index contributed by atoms with van der Waals surface area (Å²) in [5, 5.41) is 0.611. The predicted molar refractivity (Wildman–Crippen MR) is 128 cm³/mol. The zero-order valence-electron chi connectivity index (χ0n) is 17.9. The van der Waals surface area contributed by atoms with Gasteiger partial charge in [-0.2, -0.15) is 0 Å². The minimum atomic E-state index is -0.126. The largest absolute Gasteiger partial charge is 0.493 e. The summed E-state index contributed by atoms with van der Waals surface area (Å²) in [6, 6.07) is 17.0. The van der Waals surface area contributed by atoms with Crippen LogP contribution in [-0.4, -0.2) is 34.4 Å². The molecule has 1 saturated heterocycles. The molecule has 7 nitrogen and oxygen atoms in total. The average molecular weight is 460 g/mol. The molecule has 0 radical (unpaired) electrons. The van der Waals surface area contributed by atoms with E-state index < -0.39 is 0 Å². The number of pyridine rings is 1. The van der Waals surface area contributed by atoms with E-state index >= 15 is 0 Å². The van der Waals surface area contributed by atoms with Crippen LogP contribution in [0.15, 0.2) is 76.9 Å². The summed E-state index contributed by atoms with van der Waals surface area (Å²) in [6.07, 6.45) is 5.29. The van der Waals surface area contributed by atoms with Gasteiger partial charge >= 0.3 is 0 Å². The topological polar surface area (TPSA) is 73.2 Å². The second-order valence-electron chi connectivity index (χ2n) is 7.27. The number of nitrogens with zero attached hydrogens (tertiary/aromatic N) is 3. The number of fused-ring (bicyclic) bond motifs is 1. The van der Waals surface area contributed by atoms with E-state index in [-0.39, 0.29) is 12.7 Å².